The van der Waals surface area contributed by atoms with Crippen molar-refractivity contribution in [1.82, 2.24) is 4.31 Å². The normalized spacial score (nSPS) is 11.8. The average Bonchev–Trinajstić information content (AvgIpc) is 2.43. The third-order valence-corrected chi connectivity index (χ3v) is 4.73. The summed E-state index contributed by atoms with van der Waals surface area (Å²) in [4.78, 5) is 0.233. The number of hydrogen-bond acceptors (Lipinski definition) is 4. The molecule has 0 bridgehead atoms. The second kappa shape index (κ2) is 7.47. The number of hydrogen-bond donors (Lipinski definition) is 1. The van der Waals surface area contributed by atoms with Crippen LogP contribution in [0.2, 0.25) is 0 Å². The Labute approximate surface area is 114 Å². The molecule has 0 fully saturated rings. The second-order valence-electron chi connectivity index (χ2n) is 4.29. The first-order valence-electron chi connectivity index (χ1n) is 6.23. The Hall–Kier alpha value is -1.11. The van der Waals surface area contributed by atoms with Crippen LogP contribution in [-0.4, -0.2) is 45.1 Å². The molecule has 0 saturated carbocycles. The van der Waals surface area contributed by atoms with Crippen LogP contribution in [0.25, 0.3) is 0 Å². The van der Waals surface area contributed by atoms with E-state index in [0.29, 0.717) is 18.7 Å². The van der Waals surface area contributed by atoms with Crippen molar-refractivity contribution >= 4 is 10.0 Å². The van der Waals surface area contributed by atoms with E-state index in [1.165, 1.54) is 17.5 Å². The number of aliphatic hydroxyl groups excluding tert-OH is 1. The minimum absolute atomic E-state index is 0.145. The maximum absolute atomic E-state index is 12.3. The van der Waals surface area contributed by atoms with Gasteiger partial charge in [-0.1, -0.05) is 6.07 Å². The molecule has 0 aliphatic heterocycles. The number of rotatable bonds is 8. The Balaban J connectivity index is 2.73. The van der Waals surface area contributed by atoms with E-state index < -0.39 is 10.0 Å². The van der Waals surface area contributed by atoms with E-state index in [1.54, 1.807) is 25.2 Å². The molecule has 1 N–H and O–H groups in total. The molecule has 6 heteroatoms. The average molecular weight is 287 g/mol. The summed E-state index contributed by atoms with van der Waals surface area (Å²) in [5.74, 6) is 0.523. The summed E-state index contributed by atoms with van der Waals surface area (Å²) < 4.78 is 30.9. The van der Waals surface area contributed by atoms with Gasteiger partial charge in [0.25, 0.3) is 0 Å². The molecule has 0 unspecified atom stereocenters. The molecule has 19 heavy (non-hydrogen) atoms. The van der Waals surface area contributed by atoms with E-state index in [2.05, 4.69) is 0 Å². The summed E-state index contributed by atoms with van der Waals surface area (Å²) in [6.07, 6.45) is 2.25. The number of unbranched alkanes of at least 4 members (excludes halogenated alkanes) is 2. The monoisotopic (exact) mass is 287 g/mol. The molecule has 0 aliphatic rings. The molecule has 1 aromatic carbocycles. The van der Waals surface area contributed by atoms with Gasteiger partial charge in [-0.15, -0.1) is 0 Å². The van der Waals surface area contributed by atoms with Gasteiger partial charge < -0.3 is 9.84 Å². The summed E-state index contributed by atoms with van der Waals surface area (Å²) in [6.45, 7) is 0.589. The van der Waals surface area contributed by atoms with Gasteiger partial charge in [-0.2, -0.15) is 0 Å². The zero-order chi connectivity index (χ0) is 14.3. The van der Waals surface area contributed by atoms with Crippen molar-refractivity contribution in [2.75, 3.05) is 27.3 Å². The Morgan fingerprint density at radius 3 is 2.63 bits per heavy atom. The van der Waals surface area contributed by atoms with E-state index in [4.69, 9.17) is 9.84 Å². The Morgan fingerprint density at radius 2 is 2.00 bits per heavy atom. The lowest BCUT2D eigenvalue weighted by molar-refractivity contribution is 0.281. The van der Waals surface area contributed by atoms with Crippen molar-refractivity contribution in [3.63, 3.8) is 0 Å². The molecule has 5 nitrogen and oxygen atoms in total. The molecule has 0 aromatic heterocycles. The van der Waals surface area contributed by atoms with Gasteiger partial charge in [0.1, 0.15) is 5.75 Å². The highest BCUT2D eigenvalue weighted by Crippen LogP contribution is 2.20. The standard InChI is InChI=1S/C13H21NO4S/c1-14(9-4-3-5-10-15)19(16,17)13-8-6-7-12(11-13)18-2/h6-8,11,15H,3-5,9-10H2,1-2H3. The number of benzene rings is 1. The highest BCUT2D eigenvalue weighted by atomic mass is 32.2. The second-order valence-corrected chi connectivity index (χ2v) is 6.33. The summed E-state index contributed by atoms with van der Waals surface area (Å²) in [5.41, 5.74) is 0. The van der Waals surface area contributed by atoms with Gasteiger partial charge in [-0.05, 0) is 31.4 Å². The van der Waals surface area contributed by atoms with Crippen LogP contribution >= 0.6 is 0 Å². The minimum atomic E-state index is -3.47. The summed E-state index contributed by atoms with van der Waals surface area (Å²) >= 11 is 0. The van der Waals surface area contributed by atoms with Crippen molar-refractivity contribution < 1.29 is 18.3 Å². The van der Waals surface area contributed by atoms with Crippen LogP contribution in [0.15, 0.2) is 29.2 Å². The minimum Gasteiger partial charge on any atom is -0.497 e. The van der Waals surface area contributed by atoms with Gasteiger partial charge in [0, 0.05) is 26.3 Å². The zero-order valence-electron chi connectivity index (χ0n) is 11.4. The largest absolute Gasteiger partial charge is 0.497 e. The first-order valence-corrected chi connectivity index (χ1v) is 7.67. The molecule has 0 saturated heterocycles. The van der Waals surface area contributed by atoms with Crippen LogP contribution in [0, 0.1) is 0 Å². The fourth-order valence-corrected chi connectivity index (χ4v) is 2.93. The first-order chi connectivity index (χ1) is 9.02. The van der Waals surface area contributed by atoms with E-state index >= 15 is 0 Å². The number of sulfonamides is 1. The zero-order valence-corrected chi connectivity index (χ0v) is 12.2. The predicted molar refractivity (Wildman–Crippen MR) is 73.7 cm³/mol. The highest BCUT2D eigenvalue weighted by molar-refractivity contribution is 7.89. The highest BCUT2D eigenvalue weighted by Gasteiger charge is 2.20. The Bertz CT molecular complexity index is 487. The predicted octanol–water partition coefficient (Wildman–Crippen LogP) is 1.48. The maximum atomic E-state index is 12.3. The SMILES string of the molecule is COc1cccc(S(=O)(=O)N(C)CCCCCO)c1. The summed E-state index contributed by atoms with van der Waals surface area (Å²) in [6, 6.07) is 6.44. The van der Waals surface area contributed by atoms with Gasteiger partial charge in [-0.3, -0.25) is 0 Å². The van der Waals surface area contributed by atoms with Crippen LogP contribution in [-0.2, 0) is 10.0 Å². The van der Waals surface area contributed by atoms with Crippen molar-refractivity contribution in [2.24, 2.45) is 0 Å². The number of methoxy groups -OCH3 is 1. The molecule has 0 atom stereocenters. The first kappa shape index (κ1) is 15.9. The topological polar surface area (TPSA) is 66.8 Å². The third-order valence-electron chi connectivity index (χ3n) is 2.88. The number of ether oxygens (including phenoxy) is 1. The fourth-order valence-electron chi connectivity index (χ4n) is 1.68. The van der Waals surface area contributed by atoms with Crippen LogP contribution < -0.4 is 4.74 Å². The van der Waals surface area contributed by atoms with E-state index in [1.807, 2.05) is 0 Å². The lowest BCUT2D eigenvalue weighted by atomic mass is 10.2. The van der Waals surface area contributed by atoms with Gasteiger partial charge in [0.05, 0.1) is 12.0 Å². The van der Waals surface area contributed by atoms with E-state index in [0.717, 1.165) is 12.8 Å². The lowest BCUT2D eigenvalue weighted by Gasteiger charge is -2.17. The molecule has 1 rings (SSSR count). The molecule has 1 aromatic rings. The maximum Gasteiger partial charge on any atom is 0.242 e. The fraction of sp³-hybridized carbons (Fsp3) is 0.538. The van der Waals surface area contributed by atoms with Crippen LogP contribution in [0.5, 0.6) is 5.75 Å². The van der Waals surface area contributed by atoms with Gasteiger partial charge >= 0.3 is 0 Å². The van der Waals surface area contributed by atoms with Crippen LogP contribution in [0.4, 0.5) is 0 Å². The Morgan fingerprint density at radius 1 is 1.26 bits per heavy atom. The summed E-state index contributed by atoms with van der Waals surface area (Å²) in [7, 11) is -0.400. The molecular weight excluding hydrogens is 266 g/mol. The van der Waals surface area contributed by atoms with Crippen LogP contribution in [0.1, 0.15) is 19.3 Å². The van der Waals surface area contributed by atoms with Crippen molar-refractivity contribution in [3.8, 4) is 5.75 Å². The smallest absolute Gasteiger partial charge is 0.242 e. The molecule has 0 radical (unpaired) electrons. The molecular formula is C13H21NO4S. The summed E-state index contributed by atoms with van der Waals surface area (Å²) in [5, 5.41) is 8.68. The van der Waals surface area contributed by atoms with E-state index in [9.17, 15) is 8.42 Å². The van der Waals surface area contributed by atoms with E-state index in [-0.39, 0.29) is 11.5 Å². The van der Waals surface area contributed by atoms with Crippen molar-refractivity contribution in [2.45, 2.75) is 24.2 Å². The number of aliphatic hydroxyl groups is 1. The lowest BCUT2D eigenvalue weighted by Crippen LogP contribution is -2.28. The van der Waals surface area contributed by atoms with Crippen LogP contribution in [0.3, 0.4) is 0 Å². The molecule has 0 spiro atoms. The van der Waals surface area contributed by atoms with Gasteiger partial charge in [0.2, 0.25) is 10.0 Å². The third kappa shape index (κ3) is 4.49. The Kier molecular flexibility index (Phi) is 6.27. The molecule has 108 valence electrons. The molecule has 0 heterocycles. The molecule has 0 amide bonds. The van der Waals surface area contributed by atoms with Gasteiger partial charge in [0.15, 0.2) is 0 Å². The number of nitrogens with zero attached hydrogens (tertiary/aromatic N) is 1. The van der Waals surface area contributed by atoms with Gasteiger partial charge in [-0.25, -0.2) is 12.7 Å². The van der Waals surface area contributed by atoms with Crippen molar-refractivity contribution in [3.05, 3.63) is 24.3 Å². The molecule has 0 aliphatic carbocycles. The quantitative estimate of drug-likeness (QED) is 0.735. The van der Waals surface area contributed by atoms with Crippen molar-refractivity contribution in [1.29, 1.82) is 0 Å².